The highest BCUT2D eigenvalue weighted by Crippen LogP contribution is 2.42. The molecule has 0 saturated carbocycles. The Bertz CT molecular complexity index is 711. The number of amidine groups is 1. The summed E-state index contributed by atoms with van der Waals surface area (Å²) >= 11 is 0. The Hall–Kier alpha value is -0.920. The molecule has 0 aromatic rings. The smallest absolute Gasteiger partial charge is 0.277 e. The third-order valence-corrected chi connectivity index (χ3v) is 6.32. The molecule has 7 heteroatoms. The summed E-state index contributed by atoms with van der Waals surface area (Å²) < 4.78 is 30.3. The van der Waals surface area contributed by atoms with E-state index in [9.17, 15) is 8.42 Å². The molecule has 2 N–H and O–H groups in total. The van der Waals surface area contributed by atoms with Gasteiger partial charge in [-0.05, 0) is 24.3 Å². The maximum Gasteiger partial charge on any atom is 0.277 e. The van der Waals surface area contributed by atoms with Crippen molar-refractivity contribution in [3.05, 3.63) is 11.3 Å². The summed E-state index contributed by atoms with van der Waals surface area (Å²) in [6.45, 7) is 18.5. The van der Waals surface area contributed by atoms with Gasteiger partial charge in [0.15, 0.2) is 0 Å². The van der Waals surface area contributed by atoms with Crippen molar-refractivity contribution < 1.29 is 8.42 Å². The monoisotopic (exact) mass is 398 g/mol. The van der Waals surface area contributed by atoms with E-state index >= 15 is 0 Å². The van der Waals surface area contributed by atoms with E-state index in [-0.39, 0.29) is 22.9 Å². The van der Waals surface area contributed by atoms with Crippen LogP contribution in [0.1, 0.15) is 74.7 Å². The van der Waals surface area contributed by atoms with E-state index in [4.69, 9.17) is 4.99 Å². The molecule has 6 nitrogen and oxygen atoms in total. The van der Waals surface area contributed by atoms with Gasteiger partial charge in [0.2, 0.25) is 0 Å². The van der Waals surface area contributed by atoms with Crippen LogP contribution >= 0.6 is 0 Å². The van der Waals surface area contributed by atoms with Gasteiger partial charge >= 0.3 is 0 Å². The van der Waals surface area contributed by atoms with Crippen molar-refractivity contribution in [2.45, 2.75) is 86.7 Å². The normalized spacial score (nSPS) is 24.3. The lowest BCUT2D eigenvalue weighted by atomic mass is 9.79. The molecule has 0 bridgehead atoms. The van der Waals surface area contributed by atoms with Gasteiger partial charge in [0.25, 0.3) is 10.2 Å². The molecule has 0 spiro atoms. The third kappa shape index (κ3) is 5.33. The van der Waals surface area contributed by atoms with Crippen molar-refractivity contribution in [1.29, 1.82) is 0 Å². The summed E-state index contributed by atoms with van der Waals surface area (Å²) in [7, 11) is -3.49. The molecule has 2 atom stereocenters. The van der Waals surface area contributed by atoms with E-state index in [0.29, 0.717) is 19.5 Å². The second-order valence-corrected chi connectivity index (χ2v) is 11.4. The zero-order valence-corrected chi connectivity index (χ0v) is 19.1. The Kier molecular flexibility index (Phi) is 6.49. The van der Waals surface area contributed by atoms with Crippen LogP contribution in [-0.2, 0) is 10.2 Å². The van der Waals surface area contributed by atoms with Crippen LogP contribution in [0.3, 0.4) is 0 Å². The van der Waals surface area contributed by atoms with E-state index in [2.05, 4.69) is 62.8 Å². The minimum Gasteiger partial charge on any atom is -0.332 e. The Morgan fingerprint density at radius 1 is 1.15 bits per heavy atom. The van der Waals surface area contributed by atoms with Gasteiger partial charge in [-0.3, -0.25) is 4.99 Å². The van der Waals surface area contributed by atoms with E-state index in [0.717, 1.165) is 18.7 Å². The first-order valence-electron chi connectivity index (χ1n) is 10.1. The lowest BCUT2D eigenvalue weighted by molar-refractivity contribution is 0.393. The Morgan fingerprint density at radius 2 is 1.78 bits per heavy atom. The molecule has 0 aromatic heterocycles. The average molecular weight is 399 g/mol. The number of hydrogen-bond donors (Lipinski definition) is 2. The predicted molar refractivity (Wildman–Crippen MR) is 113 cm³/mol. The van der Waals surface area contributed by atoms with Crippen LogP contribution in [0.2, 0.25) is 0 Å². The first kappa shape index (κ1) is 22.4. The maximum absolute atomic E-state index is 12.4. The van der Waals surface area contributed by atoms with Crippen LogP contribution in [0, 0.1) is 10.8 Å². The molecule has 1 saturated heterocycles. The molecule has 1 fully saturated rings. The lowest BCUT2D eigenvalue weighted by Crippen LogP contribution is -2.46. The summed E-state index contributed by atoms with van der Waals surface area (Å²) in [5, 5.41) is 0. The SMILES string of the molecule is CCCCNS(=O)(=O)N[C@H]1CC2=C(C(C)(C)C)[C@H](C)N=C(C(C)(C)C)N2C1. The number of aliphatic imine (C=N–C) groups is 1. The molecule has 156 valence electrons. The number of fused-ring (bicyclic) bond motifs is 1. The molecule has 2 heterocycles. The minimum absolute atomic E-state index is 0.00689. The zero-order valence-electron chi connectivity index (χ0n) is 18.3. The number of rotatable bonds is 6. The predicted octanol–water partition coefficient (Wildman–Crippen LogP) is 3.43. The van der Waals surface area contributed by atoms with Crippen LogP contribution < -0.4 is 9.44 Å². The van der Waals surface area contributed by atoms with Crippen molar-refractivity contribution >= 4 is 16.0 Å². The van der Waals surface area contributed by atoms with Gasteiger partial charge in [-0.25, -0.2) is 4.72 Å². The van der Waals surface area contributed by atoms with Crippen molar-refractivity contribution in [3.63, 3.8) is 0 Å². The van der Waals surface area contributed by atoms with Gasteiger partial charge < -0.3 is 4.90 Å². The Labute approximate surface area is 166 Å². The summed E-state index contributed by atoms with van der Waals surface area (Å²) in [6, 6.07) is -0.0298. The van der Waals surface area contributed by atoms with Crippen molar-refractivity contribution in [3.8, 4) is 0 Å². The first-order chi connectivity index (χ1) is 12.3. The molecule has 0 aromatic carbocycles. The Balaban J connectivity index is 2.30. The minimum atomic E-state index is -3.49. The first-order valence-corrected chi connectivity index (χ1v) is 11.6. The fourth-order valence-corrected chi connectivity index (χ4v) is 5.24. The van der Waals surface area contributed by atoms with Gasteiger partial charge in [0, 0.05) is 36.7 Å². The molecule has 0 radical (unpaired) electrons. The van der Waals surface area contributed by atoms with Crippen LogP contribution in [0.25, 0.3) is 0 Å². The van der Waals surface area contributed by atoms with Gasteiger partial charge in [0.1, 0.15) is 5.84 Å². The Morgan fingerprint density at radius 3 is 2.30 bits per heavy atom. The highest BCUT2D eigenvalue weighted by Gasteiger charge is 2.43. The van der Waals surface area contributed by atoms with E-state index in [1.165, 1.54) is 11.3 Å². The molecule has 0 aliphatic carbocycles. The van der Waals surface area contributed by atoms with Crippen molar-refractivity contribution in [1.82, 2.24) is 14.3 Å². The molecule has 0 amide bonds. The van der Waals surface area contributed by atoms with E-state index in [1.807, 2.05) is 6.92 Å². The second-order valence-electron chi connectivity index (χ2n) is 9.87. The quantitative estimate of drug-likeness (QED) is 0.673. The summed E-state index contributed by atoms with van der Waals surface area (Å²) in [6.07, 6.45) is 2.51. The van der Waals surface area contributed by atoms with E-state index < -0.39 is 10.2 Å². The summed E-state index contributed by atoms with van der Waals surface area (Å²) in [5.41, 5.74) is 2.47. The fraction of sp³-hybridized carbons (Fsp3) is 0.850. The fourth-order valence-electron chi connectivity index (χ4n) is 4.15. The van der Waals surface area contributed by atoms with E-state index in [1.54, 1.807) is 0 Å². The third-order valence-electron chi connectivity index (χ3n) is 5.09. The van der Waals surface area contributed by atoms with Gasteiger partial charge in [-0.1, -0.05) is 54.9 Å². The highest BCUT2D eigenvalue weighted by atomic mass is 32.2. The number of nitrogens with zero attached hydrogens (tertiary/aromatic N) is 2. The van der Waals surface area contributed by atoms with Crippen LogP contribution in [0.4, 0.5) is 0 Å². The topological polar surface area (TPSA) is 73.8 Å². The van der Waals surface area contributed by atoms with Gasteiger partial charge in [-0.15, -0.1) is 0 Å². The summed E-state index contributed by atoms with van der Waals surface area (Å²) in [4.78, 5) is 7.29. The molecule has 2 rings (SSSR count). The molecule has 2 aliphatic heterocycles. The second kappa shape index (κ2) is 7.84. The lowest BCUT2D eigenvalue weighted by Gasteiger charge is -2.41. The van der Waals surface area contributed by atoms with Crippen LogP contribution in [-0.4, -0.2) is 44.3 Å². The van der Waals surface area contributed by atoms with Gasteiger partial charge in [-0.2, -0.15) is 13.1 Å². The summed E-state index contributed by atoms with van der Waals surface area (Å²) in [5.74, 6) is 1.05. The maximum atomic E-state index is 12.4. The molecule has 0 unspecified atom stereocenters. The molecular formula is C20H38N4O2S. The number of unbranched alkanes of at least 4 members (excludes halogenated alkanes) is 1. The van der Waals surface area contributed by atoms with Crippen molar-refractivity contribution in [2.24, 2.45) is 15.8 Å². The number of hydrogen-bond acceptors (Lipinski definition) is 4. The molecular weight excluding hydrogens is 360 g/mol. The van der Waals surface area contributed by atoms with Crippen LogP contribution in [0.5, 0.6) is 0 Å². The molecule has 2 aliphatic rings. The average Bonchev–Trinajstić information content (AvgIpc) is 2.85. The zero-order chi connectivity index (χ0) is 20.6. The largest absolute Gasteiger partial charge is 0.332 e. The van der Waals surface area contributed by atoms with Crippen LogP contribution in [0.15, 0.2) is 16.3 Å². The molecule has 27 heavy (non-hydrogen) atoms. The van der Waals surface area contributed by atoms with Crippen molar-refractivity contribution in [2.75, 3.05) is 13.1 Å². The standard InChI is InChI=1S/C20H38N4O2S/c1-9-10-11-21-27(25,26)23-15-12-16-17(19(3,4)5)14(2)22-18(20(6,7)8)24(16)13-15/h14-15,21,23H,9-13H2,1-8H3/t14-,15-/m0/s1. The highest BCUT2D eigenvalue weighted by molar-refractivity contribution is 7.87. The van der Waals surface area contributed by atoms with Gasteiger partial charge in [0.05, 0.1) is 6.04 Å². The number of nitrogens with one attached hydrogen (secondary N) is 2.